The molecule has 15 heavy (non-hydrogen) atoms. The van der Waals surface area contributed by atoms with E-state index in [0.717, 1.165) is 10.0 Å². The Hall–Kier alpha value is -1.09. The first-order valence-electron chi connectivity index (χ1n) is 4.66. The minimum Gasteiger partial charge on any atom is -0.338 e. The van der Waals surface area contributed by atoms with Crippen LogP contribution in [0.3, 0.4) is 0 Å². The number of hydrogen-bond acceptors (Lipinski definition) is 1. The van der Waals surface area contributed by atoms with Gasteiger partial charge in [-0.1, -0.05) is 34.1 Å². The minimum atomic E-state index is 0.0132. The molecule has 1 aromatic rings. The second kappa shape index (κ2) is 5.12. The molecule has 3 heteroatoms. The van der Waals surface area contributed by atoms with E-state index in [2.05, 4.69) is 22.5 Å². The Labute approximate surface area is 98.7 Å². The molecule has 0 fully saturated rings. The fourth-order valence-electron chi connectivity index (χ4n) is 1.32. The molecule has 1 rings (SSSR count). The minimum absolute atomic E-state index is 0.0132. The molecule has 0 aliphatic heterocycles. The van der Waals surface area contributed by atoms with Gasteiger partial charge < -0.3 is 4.90 Å². The van der Waals surface area contributed by atoms with Crippen LogP contribution >= 0.6 is 15.9 Å². The van der Waals surface area contributed by atoms with E-state index in [0.29, 0.717) is 12.1 Å². The van der Waals surface area contributed by atoms with E-state index < -0.39 is 0 Å². The molecular formula is C12H14BrNO. The normalized spacial score (nSPS) is 9.80. The third-order valence-corrected chi connectivity index (χ3v) is 2.42. The van der Waals surface area contributed by atoms with E-state index in [4.69, 9.17) is 0 Å². The molecule has 1 amide bonds. The van der Waals surface area contributed by atoms with Crippen molar-refractivity contribution in [3.05, 3.63) is 46.5 Å². The van der Waals surface area contributed by atoms with Gasteiger partial charge in [0.15, 0.2) is 0 Å². The average molecular weight is 268 g/mol. The number of nitrogens with zero attached hydrogens (tertiary/aromatic N) is 1. The Morgan fingerprint density at radius 1 is 1.53 bits per heavy atom. The van der Waals surface area contributed by atoms with E-state index in [9.17, 15) is 4.79 Å². The summed E-state index contributed by atoms with van der Waals surface area (Å²) in [7, 11) is 1.78. The predicted octanol–water partition coefficient (Wildman–Crippen LogP) is 3.10. The molecule has 0 radical (unpaired) electrons. The molecule has 1 aromatic carbocycles. The van der Waals surface area contributed by atoms with Gasteiger partial charge in [0, 0.05) is 23.6 Å². The third-order valence-electron chi connectivity index (χ3n) is 1.93. The summed E-state index contributed by atoms with van der Waals surface area (Å²) in [4.78, 5) is 13.6. The molecule has 0 unspecified atom stereocenters. The third kappa shape index (κ3) is 3.51. The summed E-state index contributed by atoms with van der Waals surface area (Å²) >= 11 is 3.34. The number of amides is 1. The SMILES string of the molecule is C=C(C)CN(C)C(=O)c1cccc(Br)c1. The lowest BCUT2D eigenvalue weighted by atomic mass is 10.2. The molecule has 0 heterocycles. The maximum Gasteiger partial charge on any atom is 0.253 e. The van der Waals surface area contributed by atoms with Crippen molar-refractivity contribution in [2.24, 2.45) is 0 Å². The molecule has 0 saturated carbocycles. The maximum atomic E-state index is 11.9. The second-order valence-corrected chi connectivity index (χ2v) is 4.54. The molecule has 0 aliphatic rings. The van der Waals surface area contributed by atoms with E-state index in [1.54, 1.807) is 11.9 Å². The number of halogens is 1. The Morgan fingerprint density at radius 3 is 2.73 bits per heavy atom. The lowest BCUT2D eigenvalue weighted by Crippen LogP contribution is -2.28. The van der Waals surface area contributed by atoms with E-state index in [1.165, 1.54) is 0 Å². The summed E-state index contributed by atoms with van der Waals surface area (Å²) in [5.74, 6) is 0.0132. The molecule has 0 atom stereocenters. The molecule has 0 aliphatic carbocycles. The van der Waals surface area contributed by atoms with Crippen LogP contribution in [-0.4, -0.2) is 24.4 Å². The molecule has 0 bridgehead atoms. The van der Waals surface area contributed by atoms with Crippen molar-refractivity contribution in [1.82, 2.24) is 4.90 Å². The van der Waals surface area contributed by atoms with Crippen LogP contribution in [0.5, 0.6) is 0 Å². The van der Waals surface area contributed by atoms with Crippen molar-refractivity contribution in [3.8, 4) is 0 Å². The number of carbonyl (C=O) groups is 1. The standard InChI is InChI=1S/C12H14BrNO/c1-9(2)8-14(3)12(15)10-5-4-6-11(13)7-10/h4-7H,1,8H2,2-3H3. The van der Waals surface area contributed by atoms with Gasteiger partial charge >= 0.3 is 0 Å². The van der Waals surface area contributed by atoms with Gasteiger partial charge in [0.1, 0.15) is 0 Å². The topological polar surface area (TPSA) is 20.3 Å². The van der Waals surface area contributed by atoms with Crippen LogP contribution in [0.15, 0.2) is 40.9 Å². The van der Waals surface area contributed by atoms with Crippen LogP contribution in [0.4, 0.5) is 0 Å². The summed E-state index contributed by atoms with van der Waals surface area (Å²) in [6.07, 6.45) is 0. The highest BCUT2D eigenvalue weighted by molar-refractivity contribution is 9.10. The Kier molecular flexibility index (Phi) is 4.09. The number of benzene rings is 1. The maximum absolute atomic E-state index is 11.9. The highest BCUT2D eigenvalue weighted by atomic mass is 79.9. The quantitative estimate of drug-likeness (QED) is 0.771. The first kappa shape index (κ1) is 12.0. The Morgan fingerprint density at radius 2 is 2.20 bits per heavy atom. The highest BCUT2D eigenvalue weighted by Crippen LogP contribution is 2.13. The average Bonchev–Trinajstić information content (AvgIpc) is 2.15. The van der Waals surface area contributed by atoms with Crippen LogP contribution in [-0.2, 0) is 0 Å². The van der Waals surface area contributed by atoms with Gasteiger partial charge in [0.05, 0.1) is 0 Å². The number of likely N-dealkylation sites (N-methyl/N-ethyl adjacent to an activating group) is 1. The number of carbonyl (C=O) groups excluding carboxylic acids is 1. The number of hydrogen-bond donors (Lipinski definition) is 0. The molecule has 2 nitrogen and oxygen atoms in total. The Balaban J connectivity index is 2.80. The lowest BCUT2D eigenvalue weighted by Gasteiger charge is -2.17. The van der Waals surface area contributed by atoms with Crippen LogP contribution in [0.25, 0.3) is 0 Å². The van der Waals surface area contributed by atoms with Crippen LogP contribution in [0.1, 0.15) is 17.3 Å². The van der Waals surface area contributed by atoms with Gasteiger partial charge in [0.2, 0.25) is 0 Å². The lowest BCUT2D eigenvalue weighted by molar-refractivity contribution is 0.0807. The van der Waals surface area contributed by atoms with Crippen molar-refractivity contribution in [3.63, 3.8) is 0 Å². The summed E-state index contributed by atoms with van der Waals surface area (Å²) < 4.78 is 0.914. The Bertz CT molecular complexity index is 387. The van der Waals surface area contributed by atoms with E-state index in [-0.39, 0.29) is 5.91 Å². The molecule has 0 saturated heterocycles. The van der Waals surface area contributed by atoms with Crippen molar-refractivity contribution in [2.75, 3.05) is 13.6 Å². The van der Waals surface area contributed by atoms with Crippen LogP contribution in [0.2, 0.25) is 0 Å². The predicted molar refractivity (Wildman–Crippen MR) is 65.9 cm³/mol. The second-order valence-electron chi connectivity index (χ2n) is 3.63. The zero-order valence-electron chi connectivity index (χ0n) is 8.96. The summed E-state index contributed by atoms with van der Waals surface area (Å²) in [5, 5.41) is 0. The molecular weight excluding hydrogens is 254 g/mol. The van der Waals surface area contributed by atoms with E-state index in [1.807, 2.05) is 31.2 Å². The largest absolute Gasteiger partial charge is 0.338 e. The smallest absolute Gasteiger partial charge is 0.253 e. The zero-order valence-corrected chi connectivity index (χ0v) is 10.5. The summed E-state index contributed by atoms with van der Waals surface area (Å²) in [5.41, 5.74) is 1.66. The first-order valence-corrected chi connectivity index (χ1v) is 5.45. The fourth-order valence-corrected chi connectivity index (χ4v) is 1.72. The molecule has 80 valence electrons. The number of rotatable bonds is 3. The van der Waals surface area contributed by atoms with Crippen molar-refractivity contribution in [2.45, 2.75) is 6.92 Å². The fraction of sp³-hybridized carbons (Fsp3) is 0.250. The van der Waals surface area contributed by atoms with Gasteiger partial charge in [-0.15, -0.1) is 0 Å². The van der Waals surface area contributed by atoms with Gasteiger partial charge in [-0.2, -0.15) is 0 Å². The van der Waals surface area contributed by atoms with Gasteiger partial charge in [0.25, 0.3) is 5.91 Å². The summed E-state index contributed by atoms with van der Waals surface area (Å²) in [6.45, 7) is 6.28. The summed E-state index contributed by atoms with van der Waals surface area (Å²) in [6, 6.07) is 7.38. The highest BCUT2D eigenvalue weighted by Gasteiger charge is 2.11. The van der Waals surface area contributed by atoms with Crippen molar-refractivity contribution in [1.29, 1.82) is 0 Å². The molecule has 0 aromatic heterocycles. The van der Waals surface area contributed by atoms with Gasteiger partial charge in [-0.3, -0.25) is 4.79 Å². The monoisotopic (exact) mass is 267 g/mol. The van der Waals surface area contributed by atoms with Crippen LogP contribution < -0.4 is 0 Å². The van der Waals surface area contributed by atoms with Crippen molar-refractivity contribution >= 4 is 21.8 Å². The zero-order chi connectivity index (χ0) is 11.4. The first-order chi connectivity index (χ1) is 7.00. The molecule has 0 spiro atoms. The van der Waals surface area contributed by atoms with Gasteiger partial charge in [-0.05, 0) is 25.1 Å². The van der Waals surface area contributed by atoms with E-state index >= 15 is 0 Å². The molecule has 0 N–H and O–H groups in total. The van der Waals surface area contributed by atoms with Gasteiger partial charge in [-0.25, -0.2) is 0 Å². The van der Waals surface area contributed by atoms with Crippen LogP contribution in [0, 0.1) is 0 Å². The van der Waals surface area contributed by atoms with Crippen molar-refractivity contribution < 1.29 is 4.79 Å².